The van der Waals surface area contributed by atoms with Gasteiger partial charge in [-0.15, -0.1) is 0 Å². The quantitative estimate of drug-likeness (QED) is 0.631. The fourth-order valence-electron chi connectivity index (χ4n) is 1.63. The molecule has 1 unspecified atom stereocenters. The molecule has 0 spiro atoms. The van der Waals surface area contributed by atoms with Gasteiger partial charge in [-0.2, -0.15) is 0 Å². The van der Waals surface area contributed by atoms with Crippen LogP contribution in [0.2, 0.25) is 0 Å². The van der Waals surface area contributed by atoms with Crippen molar-refractivity contribution in [3.05, 3.63) is 0 Å². The molecule has 0 fully saturated rings. The Hall–Kier alpha value is -0.130. The molecule has 0 aliphatic rings. The summed E-state index contributed by atoms with van der Waals surface area (Å²) in [5.74, 6) is 1.10. The van der Waals surface area contributed by atoms with Crippen molar-refractivity contribution in [2.24, 2.45) is 5.92 Å². The van der Waals surface area contributed by atoms with Crippen molar-refractivity contribution >= 4 is 9.84 Å². The van der Waals surface area contributed by atoms with Crippen molar-refractivity contribution in [3.63, 3.8) is 0 Å². The number of nitrogens with one attached hydrogen (secondary N) is 1. The van der Waals surface area contributed by atoms with E-state index in [0.29, 0.717) is 24.1 Å². The van der Waals surface area contributed by atoms with Crippen LogP contribution in [0.4, 0.5) is 0 Å². The van der Waals surface area contributed by atoms with Crippen LogP contribution >= 0.6 is 0 Å². The second-order valence-corrected chi connectivity index (χ2v) is 7.63. The summed E-state index contributed by atoms with van der Waals surface area (Å²) in [6.45, 7) is 7.83. The normalized spacial score (nSPS) is 14.5. The van der Waals surface area contributed by atoms with Crippen LogP contribution in [0.25, 0.3) is 0 Å². The van der Waals surface area contributed by atoms with Crippen molar-refractivity contribution < 1.29 is 8.42 Å². The largest absolute Gasteiger partial charge is 0.312 e. The minimum absolute atomic E-state index is 0.248. The van der Waals surface area contributed by atoms with E-state index in [4.69, 9.17) is 0 Å². The molecule has 0 heterocycles. The second-order valence-electron chi connectivity index (χ2n) is 5.16. The average molecular weight is 264 g/mol. The highest BCUT2D eigenvalue weighted by molar-refractivity contribution is 7.91. The van der Waals surface area contributed by atoms with Gasteiger partial charge in [0.2, 0.25) is 0 Å². The second kappa shape index (κ2) is 8.06. The molecule has 4 nitrogen and oxygen atoms in total. The number of sulfone groups is 1. The number of hydrogen-bond acceptors (Lipinski definition) is 4. The van der Waals surface area contributed by atoms with Crippen LogP contribution in [-0.2, 0) is 9.84 Å². The molecular weight excluding hydrogens is 236 g/mol. The van der Waals surface area contributed by atoms with E-state index in [1.54, 1.807) is 6.92 Å². The molecule has 0 saturated heterocycles. The van der Waals surface area contributed by atoms with E-state index in [0.717, 1.165) is 13.1 Å². The minimum atomic E-state index is -2.81. The molecule has 0 saturated carbocycles. The first-order valence-electron chi connectivity index (χ1n) is 6.37. The molecule has 1 N–H and O–H groups in total. The maximum absolute atomic E-state index is 11.3. The standard InChI is InChI=1S/C12H28N2O2S/c1-6-17(15,16)9-7-8-13-12(11(2)3)10-14(4)5/h11-13H,6-10H2,1-5H3. The molecule has 0 amide bonds. The van der Waals surface area contributed by atoms with Crippen LogP contribution < -0.4 is 5.32 Å². The van der Waals surface area contributed by atoms with Crippen molar-refractivity contribution in [2.45, 2.75) is 33.2 Å². The zero-order valence-corrected chi connectivity index (χ0v) is 12.7. The number of rotatable bonds is 9. The van der Waals surface area contributed by atoms with Crippen molar-refractivity contribution in [3.8, 4) is 0 Å². The van der Waals surface area contributed by atoms with E-state index in [9.17, 15) is 8.42 Å². The molecule has 0 aliphatic carbocycles. The Balaban J connectivity index is 3.91. The van der Waals surface area contributed by atoms with Gasteiger partial charge in [0.15, 0.2) is 0 Å². The predicted molar refractivity (Wildman–Crippen MR) is 74.1 cm³/mol. The number of nitrogens with zero attached hydrogens (tertiary/aromatic N) is 1. The third-order valence-corrected chi connectivity index (χ3v) is 4.64. The summed E-state index contributed by atoms with van der Waals surface area (Å²) in [6.07, 6.45) is 0.701. The average Bonchev–Trinajstić information content (AvgIpc) is 2.21. The lowest BCUT2D eigenvalue weighted by Gasteiger charge is -2.25. The van der Waals surface area contributed by atoms with Gasteiger partial charge in [-0.3, -0.25) is 0 Å². The van der Waals surface area contributed by atoms with Gasteiger partial charge in [-0.05, 0) is 33.0 Å². The van der Waals surface area contributed by atoms with Gasteiger partial charge in [0.1, 0.15) is 9.84 Å². The molecular formula is C12H28N2O2S. The number of hydrogen-bond donors (Lipinski definition) is 1. The van der Waals surface area contributed by atoms with E-state index < -0.39 is 9.84 Å². The van der Waals surface area contributed by atoms with E-state index in [2.05, 4.69) is 38.2 Å². The Labute approximate surface area is 107 Å². The first-order chi connectivity index (χ1) is 7.78. The summed E-state index contributed by atoms with van der Waals surface area (Å²) in [5.41, 5.74) is 0. The molecule has 0 bridgehead atoms. The molecule has 5 heteroatoms. The lowest BCUT2D eigenvalue weighted by Crippen LogP contribution is -2.42. The van der Waals surface area contributed by atoms with Crippen molar-refractivity contribution in [1.82, 2.24) is 10.2 Å². The third-order valence-electron chi connectivity index (χ3n) is 2.85. The maximum atomic E-state index is 11.3. The van der Waals surface area contributed by atoms with Crippen molar-refractivity contribution in [2.75, 3.05) is 38.7 Å². The smallest absolute Gasteiger partial charge is 0.150 e. The van der Waals surface area contributed by atoms with Crippen LogP contribution in [0.5, 0.6) is 0 Å². The highest BCUT2D eigenvalue weighted by Gasteiger charge is 2.14. The zero-order valence-electron chi connectivity index (χ0n) is 11.9. The molecule has 0 aromatic rings. The van der Waals surface area contributed by atoms with E-state index in [1.165, 1.54) is 0 Å². The lowest BCUT2D eigenvalue weighted by molar-refractivity contribution is 0.290. The fraction of sp³-hybridized carbons (Fsp3) is 1.00. The van der Waals surface area contributed by atoms with Gasteiger partial charge in [0, 0.05) is 18.3 Å². The van der Waals surface area contributed by atoms with Crippen LogP contribution in [0.15, 0.2) is 0 Å². The summed E-state index contributed by atoms with van der Waals surface area (Å²) in [4.78, 5) is 2.15. The summed E-state index contributed by atoms with van der Waals surface area (Å²) in [6, 6.07) is 0.425. The van der Waals surface area contributed by atoms with Gasteiger partial charge >= 0.3 is 0 Å². The summed E-state index contributed by atoms with van der Waals surface area (Å²) >= 11 is 0. The molecule has 104 valence electrons. The zero-order chi connectivity index (χ0) is 13.5. The van der Waals surface area contributed by atoms with E-state index in [1.807, 2.05) is 0 Å². The van der Waals surface area contributed by atoms with Gasteiger partial charge < -0.3 is 10.2 Å². The monoisotopic (exact) mass is 264 g/mol. The van der Waals surface area contributed by atoms with Gasteiger partial charge in [-0.1, -0.05) is 20.8 Å². The molecule has 0 aromatic heterocycles. The Bertz CT molecular complexity index is 287. The highest BCUT2D eigenvalue weighted by atomic mass is 32.2. The molecule has 0 rings (SSSR count). The highest BCUT2D eigenvalue weighted by Crippen LogP contribution is 2.03. The summed E-state index contributed by atoms with van der Waals surface area (Å²) in [7, 11) is 1.30. The predicted octanol–water partition coefficient (Wildman–Crippen LogP) is 0.987. The maximum Gasteiger partial charge on any atom is 0.150 e. The van der Waals surface area contributed by atoms with Gasteiger partial charge in [0.05, 0.1) is 5.75 Å². The molecule has 0 radical (unpaired) electrons. The number of likely N-dealkylation sites (N-methyl/N-ethyl adjacent to an activating group) is 1. The molecule has 1 atom stereocenters. The van der Waals surface area contributed by atoms with Crippen LogP contribution in [0.1, 0.15) is 27.2 Å². The Kier molecular flexibility index (Phi) is 8.00. The Morgan fingerprint density at radius 2 is 1.82 bits per heavy atom. The minimum Gasteiger partial charge on any atom is -0.312 e. The van der Waals surface area contributed by atoms with Crippen LogP contribution in [-0.4, -0.2) is 58.1 Å². The first-order valence-corrected chi connectivity index (χ1v) is 8.19. The topological polar surface area (TPSA) is 49.4 Å². The SMILES string of the molecule is CCS(=O)(=O)CCCNC(CN(C)C)C(C)C. The lowest BCUT2D eigenvalue weighted by atomic mass is 10.0. The van der Waals surface area contributed by atoms with Crippen LogP contribution in [0.3, 0.4) is 0 Å². The van der Waals surface area contributed by atoms with Gasteiger partial charge in [0.25, 0.3) is 0 Å². The van der Waals surface area contributed by atoms with Gasteiger partial charge in [-0.25, -0.2) is 8.42 Å². The first kappa shape index (κ1) is 16.9. The summed E-state index contributed by atoms with van der Waals surface area (Å²) in [5, 5.41) is 3.44. The Morgan fingerprint density at radius 3 is 2.24 bits per heavy atom. The van der Waals surface area contributed by atoms with E-state index in [-0.39, 0.29) is 5.75 Å². The molecule has 0 aromatic carbocycles. The van der Waals surface area contributed by atoms with Crippen LogP contribution in [0, 0.1) is 5.92 Å². The van der Waals surface area contributed by atoms with E-state index >= 15 is 0 Å². The third kappa shape index (κ3) is 8.57. The molecule has 0 aliphatic heterocycles. The van der Waals surface area contributed by atoms with Crippen molar-refractivity contribution in [1.29, 1.82) is 0 Å². The summed E-state index contributed by atoms with van der Waals surface area (Å²) < 4.78 is 22.6. The molecule has 17 heavy (non-hydrogen) atoms. The Morgan fingerprint density at radius 1 is 1.24 bits per heavy atom. The fourth-order valence-corrected chi connectivity index (χ4v) is 2.50.